The highest BCUT2D eigenvalue weighted by Gasteiger charge is 2.51. The molecule has 3 aliphatic rings. The molecule has 2 saturated heterocycles. The number of ether oxygens (including phenoxy) is 2. The van der Waals surface area contributed by atoms with Gasteiger partial charge < -0.3 is 19.3 Å². The largest absolute Gasteiger partial charge is 0.381 e. The summed E-state index contributed by atoms with van der Waals surface area (Å²) in [4.78, 5) is 25.5. The number of hydrogen-bond donors (Lipinski definition) is 0. The molecular weight excluding hydrogens is 339 g/mol. The van der Waals surface area contributed by atoms with E-state index in [0.717, 1.165) is 17.7 Å². The SMILES string of the molecule is CN(C)c1ncc2c(n1)[C@@]1(CCN(C(=O)C3(F)CCOCC3)C1)COC2. The molecule has 0 unspecified atom stereocenters. The van der Waals surface area contributed by atoms with E-state index in [1.54, 1.807) is 11.1 Å². The van der Waals surface area contributed by atoms with E-state index < -0.39 is 11.6 Å². The molecule has 0 aromatic carbocycles. The minimum Gasteiger partial charge on any atom is -0.381 e. The number of nitrogens with zero attached hydrogens (tertiary/aromatic N) is 4. The number of carbonyl (C=O) groups is 1. The van der Waals surface area contributed by atoms with Gasteiger partial charge in [-0.05, 0) is 6.42 Å². The molecule has 26 heavy (non-hydrogen) atoms. The second-order valence-electron chi connectivity index (χ2n) is 7.77. The Kier molecular flexibility index (Phi) is 4.35. The lowest BCUT2D eigenvalue weighted by atomic mass is 9.80. The van der Waals surface area contributed by atoms with E-state index in [4.69, 9.17) is 14.5 Å². The fourth-order valence-electron chi connectivity index (χ4n) is 4.15. The molecule has 0 bridgehead atoms. The number of fused-ring (bicyclic) bond motifs is 2. The Hall–Kier alpha value is -1.80. The van der Waals surface area contributed by atoms with Crippen molar-refractivity contribution >= 4 is 11.9 Å². The predicted octanol–water partition coefficient (Wildman–Crippen LogP) is 1.06. The number of hydrogen-bond acceptors (Lipinski definition) is 6. The van der Waals surface area contributed by atoms with Crippen LogP contribution in [-0.2, 0) is 26.3 Å². The third kappa shape index (κ3) is 2.85. The van der Waals surface area contributed by atoms with Crippen molar-refractivity contribution in [3.63, 3.8) is 0 Å². The van der Waals surface area contributed by atoms with Gasteiger partial charge in [-0.3, -0.25) is 4.79 Å². The molecule has 3 aliphatic heterocycles. The van der Waals surface area contributed by atoms with Crippen molar-refractivity contribution in [2.75, 3.05) is 51.9 Å². The highest BCUT2D eigenvalue weighted by atomic mass is 19.1. The monoisotopic (exact) mass is 364 g/mol. The molecular formula is C18H25FN4O3. The average molecular weight is 364 g/mol. The Labute approximate surface area is 152 Å². The Morgan fingerprint density at radius 2 is 2.04 bits per heavy atom. The summed E-state index contributed by atoms with van der Waals surface area (Å²) in [5, 5.41) is 0. The van der Waals surface area contributed by atoms with E-state index in [1.807, 2.05) is 19.0 Å². The fourth-order valence-corrected chi connectivity index (χ4v) is 4.15. The van der Waals surface area contributed by atoms with E-state index in [9.17, 15) is 4.79 Å². The maximum atomic E-state index is 15.1. The van der Waals surface area contributed by atoms with E-state index in [0.29, 0.717) is 45.5 Å². The maximum Gasteiger partial charge on any atom is 0.260 e. The Morgan fingerprint density at radius 1 is 1.27 bits per heavy atom. The number of aromatic nitrogens is 2. The number of anilines is 1. The Morgan fingerprint density at radius 3 is 2.77 bits per heavy atom. The molecule has 1 aromatic heterocycles. The second kappa shape index (κ2) is 6.42. The van der Waals surface area contributed by atoms with Crippen molar-refractivity contribution in [1.82, 2.24) is 14.9 Å². The lowest BCUT2D eigenvalue weighted by Gasteiger charge is -2.36. The van der Waals surface area contributed by atoms with Crippen molar-refractivity contribution in [3.8, 4) is 0 Å². The van der Waals surface area contributed by atoms with E-state index in [2.05, 4.69) is 4.98 Å². The summed E-state index contributed by atoms with van der Waals surface area (Å²) in [5.74, 6) is 0.230. The smallest absolute Gasteiger partial charge is 0.260 e. The molecule has 2 fully saturated rings. The first-order valence-corrected chi connectivity index (χ1v) is 9.11. The molecule has 0 radical (unpaired) electrons. The molecule has 8 heteroatoms. The summed E-state index contributed by atoms with van der Waals surface area (Å²) >= 11 is 0. The van der Waals surface area contributed by atoms with Crippen LogP contribution in [-0.4, -0.2) is 73.4 Å². The molecule has 0 N–H and O–H groups in total. The van der Waals surface area contributed by atoms with Crippen LogP contribution in [0.3, 0.4) is 0 Å². The molecule has 0 saturated carbocycles. The molecule has 142 valence electrons. The molecule has 4 heterocycles. The number of carbonyl (C=O) groups excluding carboxylic acids is 1. The fraction of sp³-hybridized carbons (Fsp3) is 0.722. The first-order valence-electron chi connectivity index (χ1n) is 9.11. The lowest BCUT2D eigenvalue weighted by Crippen LogP contribution is -2.50. The van der Waals surface area contributed by atoms with Gasteiger partial charge in [0.2, 0.25) is 5.95 Å². The minimum absolute atomic E-state index is 0.134. The zero-order valence-corrected chi connectivity index (χ0v) is 15.3. The van der Waals surface area contributed by atoms with Crippen LogP contribution in [0.15, 0.2) is 6.20 Å². The highest BCUT2D eigenvalue weighted by molar-refractivity contribution is 5.85. The molecule has 1 atom stereocenters. The van der Waals surface area contributed by atoms with E-state index in [-0.39, 0.29) is 18.3 Å². The summed E-state index contributed by atoms with van der Waals surface area (Å²) < 4.78 is 26.1. The second-order valence-corrected chi connectivity index (χ2v) is 7.77. The van der Waals surface area contributed by atoms with Crippen LogP contribution in [0.4, 0.5) is 10.3 Å². The van der Waals surface area contributed by atoms with Crippen LogP contribution in [0.25, 0.3) is 0 Å². The van der Waals surface area contributed by atoms with Crippen LogP contribution < -0.4 is 4.90 Å². The van der Waals surface area contributed by atoms with Gasteiger partial charge in [0.15, 0.2) is 5.67 Å². The zero-order valence-electron chi connectivity index (χ0n) is 15.3. The Bertz CT molecular complexity index is 708. The predicted molar refractivity (Wildman–Crippen MR) is 92.8 cm³/mol. The molecule has 7 nitrogen and oxygen atoms in total. The zero-order chi connectivity index (χ0) is 18.4. The number of likely N-dealkylation sites (tertiary alicyclic amines) is 1. The van der Waals surface area contributed by atoms with Gasteiger partial charge in [0.1, 0.15) is 0 Å². The summed E-state index contributed by atoms with van der Waals surface area (Å²) in [5.41, 5.74) is -0.282. The summed E-state index contributed by atoms with van der Waals surface area (Å²) in [6.45, 7) is 2.53. The lowest BCUT2D eigenvalue weighted by molar-refractivity contribution is -0.149. The van der Waals surface area contributed by atoms with Crippen molar-refractivity contribution in [2.45, 2.75) is 37.0 Å². The highest BCUT2D eigenvalue weighted by Crippen LogP contribution is 2.41. The van der Waals surface area contributed by atoms with Crippen molar-refractivity contribution in [1.29, 1.82) is 0 Å². The van der Waals surface area contributed by atoms with Gasteiger partial charge in [-0.2, -0.15) is 0 Å². The maximum absolute atomic E-state index is 15.1. The normalized spacial score (nSPS) is 27.4. The summed E-state index contributed by atoms with van der Waals surface area (Å²) in [6, 6.07) is 0. The summed E-state index contributed by atoms with van der Waals surface area (Å²) in [7, 11) is 3.80. The minimum atomic E-state index is -1.80. The third-order valence-electron chi connectivity index (χ3n) is 5.70. The molecule has 1 aromatic rings. The quantitative estimate of drug-likeness (QED) is 0.782. The van der Waals surface area contributed by atoms with E-state index in [1.165, 1.54) is 0 Å². The number of amides is 1. The number of alkyl halides is 1. The Balaban J connectivity index is 1.60. The third-order valence-corrected chi connectivity index (χ3v) is 5.70. The standard InChI is InChI=1S/C18H25FN4O3/c1-22(2)16-20-9-13-10-26-12-17(14(13)21-16)3-6-23(11-17)15(24)18(19)4-7-25-8-5-18/h9H,3-8,10-12H2,1-2H3/t17-/m1/s1. The van der Waals surface area contributed by atoms with Crippen LogP contribution >= 0.6 is 0 Å². The van der Waals surface area contributed by atoms with Crippen molar-refractivity contribution < 1.29 is 18.7 Å². The average Bonchev–Trinajstić information content (AvgIpc) is 3.06. The van der Waals surface area contributed by atoms with Crippen LogP contribution in [0.5, 0.6) is 0 Å². The molecule has 0 aliphatic carbocycles. The first-order chi connectivity index (χ1) is 12.4. The van der Waals surface area contributed by atoms with Gasteiger partial charge in [-0.25, -0.2) is 14.4 Å². The molecule has 1 amide bonds. The van der Waals surface area contributed by atoms with Gasteiger partial charge in [-0.15, -0.1) is 0 Å². The van der Waals surface area contributed by atoms with E-state index >= 15 is 4.39 Å². The van der Waals surface area contributed by atoms with Gasteiger partial charge >= 0.3 is 0 Å². The van der Waals surface area contributed by atoms with Gasteiger partial charge in [0.05, 0.1) is 37.5 Å². The number of rotatable bonds is 2. The topological polar surface area (TPSA) is 67.8 Å². The number of halogens is 1. The van der Waals surface area contributed by atoms with Crippen molar-refractivity contribution in [2.24, 2.45) is 0 Å². The molecule has 1 spiro atoms. The summed E-state index contributed by atoms with van der Waals surface area (Å²) in [6.07, 6.45) is 2.80. The van der Waals surface area contributed by atoms with Gasteiger partial charge in [0.25, 0.3) is 5.91 Å². The van der Waals surface area contributed by atoms with Crippen molar-refractivity contribution in [3.05, 3.63) is 17.5 Å². The van der Waals surface area contributed by atoms with Crippen LogP contribution in [0.1, 0.15) is 30.5 Å². The van der Waals surface area contributed by atoms with Crippen LogP contribution in [0, 0.1) is 0 Å². The van der Waals surface area contributed by atoms with Gasteiger partial charge in [0, 0.05) is 51.8 Å². The first kappa shape index (κ1) is 17.6. The van der Waals surface area contributed by atoms with Crippen LogP contribution in [0.2, 0.25) is 0 Å². The van der Waals surface area contributed by atoms with Gasteiger partial charge in [-0.1, -0.05) is 0 Å². The molecule has 4 rings (SSSR count).